The van der Waals surface area contributed by atoms with E-state index >= 15 is 0 Å². The Kier molecular flexibility index (Phi) is 4.45. The lowest BCUT2D eigenvalue weighted by Crippen LogP contribution is -2.39. The first kappa shape index (κ1) is 15.0. The highest BCUT2D eigenvalue weighted by Gasteiger charge is 2.24. The first-order chi connectivity index (χ1) is 9.40. The van der Waals surface area contributed by atoms with E-state index in [0.717, 1.165) is 12.8 Å². The molecule has 0 aromatic heterocycles. The van der Waals surface area contributed by atoms with Gasteiger partial charge in [-0.1, -0.05) is 12.5 Å². The third-order valence-electron chi connectivity index (χ3n) is 3.85. The van der Waals surface area contributed by atoms with Gasteiger partial charge in [-0.25, -0.2) is 13.2 Å². The molecule has 5 nitrogen and oxygen atoms in total. The van der Waals surface area contributed by atoms with Crippen LogP contribution in [-0.4, -0.2) is 49.8 Å². The molecule has 1 aromatic rings. The van der Waals surface area contributed by atoms with Crippen molar-refractivity contribution < 1.29 is 18.3 Å². The summed E-state index contributed by atoms with van der Waals surface area (Å²) in [6.07, 6.45) is 3.47. The molecule has 2 rings (SSSR count). The predicted molar refractivity (Wildman–Crippen MR) is 75.7 cm³/mol. The lowest BCUT2D eigenvalue weighted by Gasteiger charge is -2.34. The molecule has 0 aliphatic heterocycles. The normalized spacial score (nSPS) is 16.1. The summed E-state index contributed by atoms with van der Waals surface area (Å²) >= 11 is 0. The van der Waals surface area contributed by atoms with Gasteiger partial charge in [0.1, 0.15) is 0 Å². The van der Waals surface area contributed by atoms with E-state index in [1.54, 1.807) is 0 Å². The molecule has 0 saturated heterocycles. The van der Waals surface area contributed by atoms with Gasteiger partial charge in [-0.15, -0.1) is 0 Å². The molecule has 6 heteroatoms. The van der Waals surface area contributed by atoms with E-state index in [1.165, 1.54) is 30.7 Å². The van der Waals surface area contributed by atoms with Crippen molar-refractivity contribution in [1.29, 1.82) is 0 Å². The Labute approximate surface area is 119 Å². The first-order valence-electron chi connectivity index (χ1n) is 6.66. The molecule has 1 aliphatic carbocycles. The first-order valence-corrected chi connectivity index (χ1v) is 8.32. The Morgan fingerprint density at radius 1 is 1.40 bits per heavy atom. The van der Waals surface area contributed by atoms with Gasteiger partial charge in [0, 0.05) is 12.6 Å². The number of sulfone groups is 1. The fraction of sp³-hybridized carbons (Fsp3) is 0.500. The van der Waals surface area contributed by atoms with Crippen molar-refractivity contribution in [2.75, 3.05) is 19.3 Å². The third-order valence-corrected chi connectivity index (χ3v) is 5.54. The van der Waals surface area contributed by atoms with Crippen LogP contribution in [0.2, 0.25) is 0 Å². The van der Waals surface area contributed by atoms with E-state index in [4.69, 9.17) is 5.11 Å². The van der Waals surface area contributed by atoms with Crippen molar-refractivity contribution in [3.63, 3.8) is 0 Å². The molecule has 1 fully saturated rings. The molecular weight excluding hydrogens is 278 g/mol. The van der Waals surface area contributed by atoms with Gasteiger partial charge in [-0.2, -0.15) is 0 Å². The van der Waals surface area contributed by atoms with Gasteiger partial charge in [0.15, 0.2) is 9.84 Å². The summed E-state index contributed by atoms with van der Waals surface area (Å²) in [4.78, 5) is 13.0. The van der Waals surface area contributed by atoms with E-state index < -0.39 is 15.8 Å². The molecule has 0 atom stereocenters. The van der Waals surface area contributed by atoms with Crippen LogP contribution in [0.1, 0.15) is 29.6 Å². The van der Waals surface area contributed by atoms with Crippen LogP contribution >= 0.6 is 0 Å². The quantitative estimate of drug-likeness (QED) is 0.864. The summed E-state index contributed by atoms with van der Waals surface area (Å²) in [5, 5.41) is 8.90. The minimum Gasteiger partial charge on any atom is -0.478 e. The second-order valence-corrected chi connectivity index (χ2v) is 7.33. The molecule has 0 unspecified atom stereocenters. The molecule has 1 aromatic carbocycles. The summed E-state index contributed by atoms with van der Waals surface area (Å²) in [7, 11) is -1.50. The summed E-state index contributed by atoms with van der Waals surface area (Å²) in [6, 6.07) is 6.02. The van der Waals surface area contributed by atoms with Crippen LogP contribution in [0, 0.1) is 0 Å². The topological polar surface area (TPSA) is 74.7 Å². The molecule has 20 heavy (non-hydrogen) atoms. The van der Waals surface area contributed by atoms with Crippen LogP contribution in [0.25, 0.3) is 0 Å². The molecular formula is C14H19NO4S. The van der Waals surface area contributed by atoms with E-state index in [9.17, 15) is 13.2 Å². The van der Waals surface area contributed by atoms with Gasteiger partial charge in [0.25, 0.3) is 0 Å². The Morgan fingerprint density at radius 3 is 2.65 bits per heavy atom. The average molecular weight is 297 g/mol. The Balaban J connectivity index is 2.05. The maximum absolute atomic E-state index is 12.2. The minimum absolute atomic E-state index is 0.00146. The van der Waals surface area contributed by atoms with Gasteiger partial charge in [0.05, 0.1) is 16.2 Å². The maximum Gasteiger partial charge on any atom is 0.335 e. The zero-order valence-corrected chi connectivity index (χ0v) is 12.3. The molecule has 1 N–H and O–H groups in total. The Morgan fingerprint density at radius 2 is 2.10 bits per heavy atom. The van der Waals surface area contributed by atoms with Crippen molar-refractivity contribution in [1.82, 2.24) is 4.90 Å². The lowest BCUT2D eigenvalue weighted by molar-refractivity contribution is 0.0696. The second-order valence-electron chi connectivity index (χ2n) is 5.22. The van der Waals surface area contributed by atoms with Gasteiger partial charge >= 0.3 is 5.97 Å². The monoisotopic (exact) mass is 297 g/mol. The van der Waals surface area contributed by atoms with Crippen LogP contribution in [0.4, 0.5) is 0 Å². The number of carboxylic acids is 1. The molecule has 0 radical (unpaired) electrons. The molecule has 0 heterocycles. The highest BCUT2D eigenvalue weighted by Crippen LogP contribution is 2.23. The van der Waals surface area contributed by atoms with Crippen LogP contribution in [0.15, 0.2) is 29.2 Å². The van der Waals surface area contributed by atoms with Crippen molar-refractivity contribution in [2.24, 2.45) is 0 Å². The third kappa shape index (κ3) is 3.37. The van der Waals surface area contributed by atoms with Gasteiger partial charge in [-0.3, -0.25) is 0 Å². The van der Waals surface area contributed by atoms with E-state index in [-0.39, 0.29) is 16.2 Å². The fourth-order valence-corrected chi connectivity index (χ4v) is 3.57. The van der Waals surface area contributed by atoms with Crippen molar-refractivity contribution >= 4 is 15.8 Å². The summed E-state index contributed by atoms with van der Waals surface area (Å²) in [6.45, 7) is 0.476. The minimum atomic E-state index is -3.43. The van der Waals surface area contributed by atoms with Crippen LogP contribution < -0.4 is 0 Å². The molecule has 110 valence electrons. The smallest absolute Gasteiger partial charge is 0.335 e. The predicted octanol–water partition coefficient (Wildman–Crippen LogP) is 1.64. The number of aromatic carboxylic acids is 1. The summed E-state index contributed by atoms with van der Waals surface area (Å²) in [5.41, 5.74) is -0.00146. The molecule has 1 saturated carbocycles. The van der Waals surface area contributed by atoms with Crippen molar-refractivity contribution in [2.45, 2.75) is 30.2 Å². The van der Waals surface area contributed by atoms with Gasteiger partial charge < -0.3 is 10.0 Å². The van der Waals surface area contributed by atoms with Crippen LogP contribution in [0.5, 0.6) is 0 Å². The number of carbonyl (C=O) groups is 1. The van der Waals surface area contributed by atoms with Crippen LogP contribution in [-0.2, 0) is 9.84 Å². The lowest BCUT2D eigenvalue weighted by atomic mass is 9.92. The van der Waals surface area contributed by atoms with E-state index in [1.807, 2.05) is 7.05 Å². The number of carboxylic acid groups (broad SMARTS) is 1. The SMILES string of the molecule is CN(CCS(=O)(=O)c1cccc(C(=O)O)c1)C1CCC1. The zero-order chi connectivity index (χ0) is 14.8. The molecule has 0 amide bonds. The standard InChI is InChI=1S/C14H19NO4S/c1-15(12-5-3-6-12)8-9-20(18,19)13-7-2-4-11(10-13)14(16)17/h2,4,7,10,12H,3,5-6,8-9H2,1H3,(H,16,17). The highest BCUT2D eigenvalue weighted by molar-refractivity contribution is 7.91. The van der Waals surface area contributed by atoms with Gasteiger partial charge in [0.2, 0.25) is 0 Å². The molecule has 0 bridgehead atoms. The maximum atomic E-state index is 12.2. The molecule has 0 spiro atoms. The number of nitrogens with zero attached hydrogens (tertiary/aromatic N) is 1. The Bertz CT molecular complexity index is 593. The summed E-state index contributed by atoms with van der Waals surface area (Å²) < 4.78 is 24.4. The van der Waals surface area contributed by atoms with Gasteiger partial charge in [-0.05, 0) is 38.1 Å². The second kappa shape index (κ2) is 5.93. The largest absolute Gasteiger partial charge is 0.478 e. The number of rotatable bonds is 6. The zero-order valence-electron chi connectivity index (χ0n) is 11.4. The van der Waals surface area contributed by atoms with Crippen LogP contribution in [0.3, 0.4) is 0 Å². The van der Waals surface area contributed by atoms with E-state index in [2.05, 4.69) is 4.90 Å². The summed E-state index contributed by atoms with van der Waals surface area (Å²) in [5.74, 6) is -1.10. The highest BCUT2D eigenvalue weighted by atomic mass is 32.2. The fourth-order valence-electron chi connectivity index (χ4n) is 2.21. The molecule has 1 aliphatic rings. The average Bonchev–Trinajstić information content (AvgIpc) is 2.34. The number of benzene rings is 1. The van der Waals surface area contributed by atoms with Crippen molar-refractivity contribution in [3.8, 4) is 0 Å². The Hall–Kier alpha value is -1.40. The van der Waals surface area contributed by atoms with Crippen molar-refractivity contribution in [3.05, 3.63) is 29.8 Å². The number of hydrogen-bond acceptors (Lipinski definition) is 4. The van der Waals surface area contributed by atoms with E-state index in [0.29, 0.717) is 12.6 Å². The number of hydrogen-bond donors (Lipinski definition) is 1.